The Morgan fingerprint density at radius 1 is 1.28 bits per heavy atom. The van der Waals surface area contributed by atoms with Crippen LogP contribution in [0.5, 0.6) is 0 Å². The smallest absolute Gasteiger partial charge is 0.188 e. The second kappa shape index (κ2) is 5.32. The predicted molar refractivity (Wildman–Crippen MR) is 67.9 cm³/mol. The van der Waals surface area contributed by atoms with Crippen LogP contribution in [-0.2, 0) is 13.6 Å². The molecule has 3 rings (SSSR count). The van der Waals surface area contributed by atoms with Crippen molar-refractivity contribution in [2.75, 3.05) is 13.1 Å². The summed E-state index contributed by atoms with van der Waals surface area (Å²) in [5.41, 5.74) is 0. The molecule has 1 aromatic rings. The average molecular weight is 250 g/mol. The van der Waals surface area contributed by atoms with E-state index < -0.39 is 0 Å². The first-order valence-corrected chi connectivity index (χ1v) is 7.01. The van der Waals surface area contributed by atoms with Crippen LogP contribution in [0, 0.1) is 0 Å². The predicted octanol–water partition coefficient (Wildman–Crippen LogP) is 0.317. The molecular weight excluding hydrogens is 228 g/mol. The lowest BCUT2D eigenvalue weighted by Crippen LogP contribution is -2.45. The van der Waals surface area contributed by atoms with E-state index in [4.69, 9.17) is 0 Å². The van der Waals surface area contributed by atoms with Gasteiger partial charge in [0.05, 0.1) is 13.6 Å². The summed E-state index contributed by atoms with van der Waals surface area (Å²) in [6.07, 6.45) is 6.65. The SMILES string of the molecule is Cn1nnc(CN2CCCCC2CNC2CC2)n1. The highest BCUT2D eigenvalue weighted by atomic mass is 15.6. The minimum absolute atomic E-state index is 0.642. The Kier molecular flexibility index (Phi) is 3.56. The van der Waals surface area contributed by atoms with Gasteiger partial charge >= 0.3 is 0 Å². The quantitative estimate of drug-likeness (QED) is 0.815. The molecule has 1 N–H and O–H groups in total. The van der Waals surface area contributed by atoms with Crippen LogP contribution < -0.4 is 5.32 Å². The highest BCUT2D eigenvalue weighted by Crippen LogP contribution is 2.22. The second-order valence-corrected chi connectivity index (χ2v) is 5.50. The molecule has 1 aliphatic carbocycles. The molecule has 18 heavy (non-hydrogen) atoms. The lowest BCUT2D eigenvalue weighted by atomic mass is 10.0. The van der Waals surface area contributed by atoms with E-state index in [1.54, 1.807) is 0 Å². The molecule has 100 valence electrons. The van der Waals surface area contributed by atoms with Crippen LogP contribution >= 0.6 is 0 Å². The van der Waals surface area contributed by atoms with Crippen molar-refractivity contribution < 1.29 is 0 Å². The molecule has 6 heteroatoms. The summed E-state index contributed by atoms with van der Waals surface area (Å²) in [5, 5.41) is 15.9. The number of piperidine rings is 1. The minimum Gasteiger partial charge on any atom is -0.312 e. The lowest BCUT2D eigenvalue weighted by Gasteiger charge is -2.35. The Hall–Kier alpha value is -1.01. The fourth-order valence-electron chi connectivity index (χ4n) is 2.66. The van der Waals surface area contributed by atoms with Crippen molar-refractivity contribution in [1.29, 1.82) is 0 Å². The normalized spacial score (nSPS) is 25.5. The zero-order chi connectivity index (χ0) is 12.4. The third-order valence-electron chi connectivity index (χ3n) is 3.86. The fourth-order valence-corrected chi connectivity index (χ4v) is 2.66. The molecule has 6 nitrogen and oxygen atoms in total. The standard InChI is InChI=1S/C12H22N6/c1-17-15-12(14-16-17)9-18-7-3-2-4-11(18)8-13-10-5-6-10/h10-11,13H,2-9H2,1H3. The van der Waals surface area contributed by atoms with E-state index in [1.807, 2.05) is 7.05 Å². The number of nitrogens with one attached hydrogen (secondary N) is 1. The zero-order valence-corrected chi connectivity index (χ0v) is 11.0. The largest absolute Gasteiger partial charge is 0.312 e. The maximum absolute atomic E-state index is 4.28. The molecule has 0 radical (unpaired) electrons. The molecule has 1 aromatic heterocycles. The number of aryl methyl sites for hydroxylation is 1. The topological polar surface area (TPSA) is 58.9 Å². The molecule has 2 fully saturated rings. The van der Waals surface area contributed by atoms with Gasteiger partial charge in [-0.1, -0.05) is 6.42 Å². The highest BCUT2D eigenvalue weighted by molar-refractivity contribution is 4.88. The molecule has 0 amide bonds. The lowest BCUT2D eigenvalue weighted by molar-refractivity contribution is 0.133. The first kappa shape index (κ1) is 12.0. The van der Waals surface area contributed by atoms with Crippen LogP contribution in [0.25, 0.3) is 0 Å². The number of nitrogens with zero attached hydrogens (tertiary/aromatic N) is 5. The first-order valence-electron chi connectivity index (χ1n) is 7.01. The fraction of sp³-hybridized carbons (Fsp3) is 0.917. The van der Waals surface area contributed by atoms with E-state index in [0.717, 1.165) is 31.5 Å². The van der Waals surface area contributed by atoms with Gasteiger partial charge < -0.3 is 5.32 Å². The summed E-state index contributed by atoms with van der Waals surface area (Å²) in [5.74, 6) is 0.843. The molecule has 0 aromatic carbocycles. The van der Waals surface area contributed by atoms with Crippen LogP contribution in [0.1, 0.15) is 37.9 Å². The third-order valence-corrected chi connectivity index (χ3v) is 3.86. The van der Waals surface area contributed by atoms with Gasteiger partial charge in [0.2, 0.25) is 0 Å². The number of hydrogen-bond acceptors (Lipinski definition) is 5. The molecule has 1 saturated carbocycles. The maximum Gasteiger partial charge on any atom is 0.188 e. The highest BCUT2D eigenvalue weighted by Gasteiger charge is 2.27. The van der Waals surface area contributed by atoms with Crippen molar-refractivity contribution in [2.45, 2.75) is 50.7 Å². The van der Waals surface area contributed by atoms with Crippen molar-refractivity contribution in [3.63, 3.8) is 0 Å². The van der Waals surface area contributed by atoms with E-state index in [2.05, 4.69) is 25.6 Å². The number of aromatic nitrogens is 4. The molecule has 1 saturated heterocycles. The van der Waals surface area contributed by atoms with E-state index in [-0.39, 0.29) is 0 Å². The monoisotopic (exact) mass is 250 g/mol. The molecule has 1 aliphatic heterocycles. The molecule has 0 bridgehead atoms. The maximum atomic E-state index is 4.28. The molecular formula is C12H22N6. The van der Waals surface area contributed by atoms with Gasteiger partial charge in [0, 0.05) is 18.6 Å². The third kappa shape index (κ3) is 3.05. The van der Waals surface area contributed by atoms with Crippen molar-refractivity contribution in [3.8, 4) is 0 Å². The van der Waals surface area contributed by atoms with E-state index in [9.17, 15) is 0 Å². The summed E-state index contributed by atoms with van der Waals surface area (Å²) in [7, 11) is 1.82. The molecule has 2 aliphatic rings. The summed E-state index contributed by atoms with van der Waals surface area (Å²) < 4.78 is 0. The Morgan fingerprint density at radius 3 is 2.89 bits per heavy atom. The van der Waals surface area contributed by atoms with Crippen molar-refractivity contribution >= 4 is 0 Å². The molecule has 1 atom stereocenters. The van der Waals surface area contributed by atoms with Crippen LogP contribution in [0.4, 0.5) is 0 Å². The number of hydrogen-bond donors (Lipinski definition) is 1. The van der Waals surface area contributed by atoms with Crippen molar-refractivity contribution in [3.05, 3.63) is 5.82 Å². The Balaban J connectivity index is 1.56. The van der Waals surface area contributed by atoms with Crippen LogP contribution in [0.3, 0.4) is 0 Å². The van der Waals surface area contributed by atoms with Gasteiger partial charge in [-0.3, -0.25) is 4.90 Å². The van der Waals surface area contributed by atoms with Crippen LogP contribution in [-0.4, -0.2) is 50.3 Å². The summed E-state index contributed by atoms with van der Waals surface area (Å²) in [6, 6.07) is 1.44. The number of tetrazole rings is 1. The first-order chi connectivity index (χ1) is 8.81. The van der Waals surface area contributed by atoms with Crippen molar-refractivity contribution in [2.24, 2.45) is 7.05 Å². The minimum atomic E-state index is 0.642. The Labute approximate surface area is 108 Å². The summed E-state index contributed by atoms with van der Waals surface area (Å²) in [6.45, 7) is 3.12. The zero-order valence-electron chi connectivity index (χ0n) is 11.0. The molecule has 0 spiro atoms. The second-order valence-electron chi connectivity index (χ2n) is 5.50. The molecule has 1 unspecified atom stereocenters. The Morgan fingerprint density at radius 2 is 2.17 bits per heavy atom. The van der Waals surface area contributed by atoms with Gasteiger partial charge in [0.25, 0.3) is 0 Å². The van der Waals surface area contributed by atoms with Gasteiger partial charge in [0.1, 0.15) is 0 Å². The van der Waals surface area contributed by atoms with E-state index in [1.165, 1.54) is 36.9 Å². The van der Waals surface area contributed by atoms with Crippen molar-refractivity contribution in [1.82, 2.24) is 30.4 Å². The average Bonchev–Trinajstić information content (AvgIpc) is 3.12. The van der Waals surface area contributed by atoms with E-state index >= 15 is 0 Å². The van der Waals surface area contributed by atoms with Gasteiger partial charge in [-0.05, 0) is 37.4 Å². The van der Waals surface area contributed by atoms with Crippen LogP contribution in [0.2, 0.25) is 0 Å². The van der Waals surface area contributed by atoms with Gasteiger partial charge in [-0.25, -0.2) is 0 Å². The van der Waals surface area contributed by atoms with Gasteiger partial charge in [-0.2, -0.15) is 4.80 Å². The summed E-state index contributed by atoms with van der Waals surface area (Å²) in [4.78, 5) is 4.05. The molecule has 2 heterocycles. The Bertz CT molecular complexity index is 386. The number of rotatable bonds is 5. The van der Waals surface area contributed by atoms with Gasteiger partial charge in [-0.15, -0.1) is 10.2 Å². The van der Waals surface area contributed by atoms with E-state index in [0.29, 0.717) is 6.04 Å². The van der Waals surface area contributed by atoms with Crippen LogP contribution in [0.15, 0.2) is 0 Å². The summed E-state index contributed by atoms with van der Waals surface area (Å²) >= 11 is 0. The van der Waals surface area contributed by atoms with Gasteiger partial charge in [0.15, 0.2) is 5.82 Å². The number of likely N-dealkylation sites (tertiary alicyclic amines) is 1.